The van der Waals surface area contributed by atoms with Crippen LogP contribution in [-0.4, -0.2) is 42.6 Å². The maximum atomic E-state index is 13.7. The van der Waals surface area contributed by atoms with Crippen molar-refractivity contribution in [3.63, 3.8) is 0 Å². The number of likely N-dealkylation sites (tertiary alicyclic amines) is 1. The summed E-state index contributed by atoms with van der Waals surface area (Å²) in [4.78, 5) is 6.98. The number of nitrogens with zero attached hydrogens (tertiary/aromatic N) is 2. The number of rotatable bonds is 5. The van der Waals surface area contributed by atoms with Crippen molar-refractivity contribution in [2.75, 3.05) is 19.6 Å². The predicted molar refractivity (Wildman–Crippen MR) is 91.9 cm³/mol. The van der Waals surface area contributed by atoms with E-state index >= 15 is 0 Å². The number of hydrogen-bond donors (Lipinski definition) is 2. The van der Waals surface area contributed by atoms with Gasteiger partial charge in [0, 0.05) is 37.3 Å². The van der Waals surface area contributed by atoms with Crippen molar-refractivity contribution in [2.24, 2.45) is 10.9 Å². The molecule has 0 aromatic heterocycles. The summed E-state index contributed by atoms with van der Waals surface area (Å²) in [6, 6.07) is 4.57. The minimum atomic E-state index is -0.441. The maximum absolute atomic E-state index is 13.7. The normalized spacial score (nSPS) is 25.1. The van der Waals surface area contributed by atoms with E-state index in [1.54, 1.807) is 0 Å². The van der Waals surface area contributed by atoms with Gasteiger partial charge in [0.1, 0.15) is 11.6 Å². The number of guanidine groups is 1. The Morgan fingerprint density at radius 3 is 2.79 bits per heavy atom. The van der Waals surface area contributed by atoms with Gasteiger partial charge in [0.25, 0.3) is 0 Å². The molecule has 132 valence electrons. The van der Waals surface area contributed by atoms with Crippen molar-refractivity contribution >= 4 is 5.96 Å². The summed E-state index contributed by atoms with van der Waals surface area (Å²) in [5, 5.41) is 6.66. The molecule has 2 N–H and O–H groups in total. The molecule has 3 rings (SSSR count). The summed E-state index contributed by atoms with van der Waals surface area (Å²) in [5.74, 6) is 0.338. The third-order valence-corrected chi connectivity index (χ3v) is 4.79. The van der Waals surface area contributed by atoms with Crippen LogP contribution in [-0.2, 0) is 6.54 Å². The lowest BCUT2D eigenvalue weighted by molar-refractivity contribution is 0.315. The number of nitrogens with one attached hydrogen (secondary N) is 2. The lowest BCUT2D eigenvalue weighted by atomic mass is 10.1. The molecule has 24 heavy (non-hydrogen) atoms. The molecule has 1 aliphatic carbocycles. The highest BCUT2D eigenvalue weighted by Gasteiger charge is 2.38. The number of hydrogen-bond acceptors (Lipinski definition) is 2. The Bertz CT molecular complexity index is 601. The van der Waals surface area contributed by atoms with Crippen molar-refractivity contribution in [2.45, 2.75) is 45.3 Å². The third-order valence-electron chi connectivity index (χ3n) is 4.79. The summed E-state index contributed by atoms with van der Waals surface area (Å²) >= 11 is 0. The number of benzene rings is 1. The highest BCUT2D eigenvalue weighted by atomic mass is 19.1. The first kappa shape index (κ1) is 17.1. The van der Waals surface area contributed by atoms with Gasteiger partial charge in [0.15, 0.2) is 5.96 Å². The van der Waals surface area contributed by atoms with Crippen LogP contribution in [0.5, 0.6) is 0 Å². The van der Waals surface area contributed by atoms with Gasteiger partial charge in [0.2, 0.25) is 0 Å². The zero-order valence-electron chi connectivity index (χ0n) is 14.4. The van der Waals surface area contributed by atoms with Gasteiger partial charge < -0.3 is 10.6 Å². The molecule has 1 saturated heterocycles. The second-order valence-corrected chi connectivity index (χ2v) is 6.84. The van der Waals surface area contributed by atoms with Gasteiger partial charge in [-0.15, -0.1) is 0 Å². The Kier molecular flexibility index (Phi) is 5.33. The smallest absolute Gasteiger partial charge is 0.191 e. The van der Waals surface area contributed by atoms with E-state index < -0.39 is 11.6 Å². The number of aliphatic imine (C=N–C) groups is 1. The van der Waals surface area contributed by atoms with Crippen molar-refractivity contribution in [3.8, 4) is 0 Å². The molecule has 0 radical (unpaired) electrons. The van der Waals surface area contributed by atoms with E-state index in [1.807, 2.05) is 6.92 Å². The third kappa shape index (κ3) is 4.23. The lowest BCUT2D eigenvalue weighted by Gasteiger charge is -2.20. The van der Waals surface area contributed by atoms with E-state index in [4.69, 9.17) is 0 Å². The highest BCUT2D eigenvalue weighted by molar-refractivity contribution is 5.80. The van der Waals surface area contributed by atoms with E-state index in [1.165, 1.54) is 18.9 Å². The maximum Gasteiger partial charge on any atom is 0.191 e. The van der Waals surface area contributed by atoms with Gasteiger partial charge in [0.05, 0.1) is 6.54 Å². The fourth-order valence-corrected chi connectivity index (χ4v) is 3.25. The molecule has 1 saturated carbocycles. The molecule has 0 spiro atoms. The summed E-state index contributed by atoms with van der Waals surface area (Å²) < 4.78 is 27.0. The molecule has 1 heterocycles. The van der Waals surface area contributed by atoms with E-state index in [2.05, 4.69) is 27.4 Å². The highest BCUT2D eigenvalue weighted by Crippen LogP contribution is 2.31. The molecule has 2 unspecified atom stereocenters. The average molecular weight is 336 g/mol. The zero-order valence-corrected chi connectivity index (χ0v) is 14.4. The second kappa shape index (κ2) is 7.47. The lowest BCUT2D eigenvalue weighted by Crippen LogP contribution is -2.46. The van der Waals surface area contributed by atoms with Gasteiger partial charge in [-0.1, -0.05) is 6.92 Å². The fraction of sp³-hybridized carbons (Fsp3) is 0.611. The summed E-state index contributed by atoms with van der Waals surface area (Å²) in [5.41, 5.74) is 0.270. The molecule has 1 aliphatic heterocycles. The molecule has 6 heteroatoms. The molecule has 2 atom stereocenters. The zero-order chi connectivity index (χ0) is 17.1. The first-order chi connectivity index (χ1) is 11.6. The van der Waals surface area contributed by atoms with Crippen molar-refractivity contribution in [3.05, 3.63) is 35.4 Å². The van der Waals surface area contributed by atoms with Crippen LogP contribution in [0.15, 0.2) is 23.2 Å². The first-order valence-electron chi connectivity index (χ1n) is 8.79. The van der Waals surface area contributed by atoms with Crippen LogP contribution in [0.1, 0.15) is 32.3 Å². The van der Waals surface area contributed by atoms with Crippen LogP contribution in [0.2, 0.25) is 0 Å². The van der Waals surface area contributed by atoms with Crippen molar-refractivity contribution in [1.82, 2.24) is 15.5 Å². The molecular formula is C18H26F2N4. The average Bonchev–Trinajstić information content (AvgIpc) is 3.33. The standard InChI is InChI=1S/C18H26F2N4/c1-3-21-18(22-9-13-8-14(19)4-7-16(13)20)23-17-11-24(10-12(17)2)15-5-6-15/h4,7-8,12,15,17H,3,5-6,9-11H2,1-2H3,(H2,21,22,23). The Balaban J connectivity index is 1.64. The summed E-state index contributed by atoms with van der Waals surface area (Å²) in [6.45, 7) is 7.21. The van der Waals surface area contributed by atoms with E-state index in [0.29, 0.717) is 17.9 Å². The van der Waals surface area contributed by atoms with Crippen LogP contribution in [0.3, 0.4) is 0 Å². The van der Waals surface area contributed by atoms with Gasteiger partial charge in [-0.05, 0) is 43.9 Å². The largest absolute Gasteiger partial charge is 0.357 e. The second-order valence-electron chi connectivity index (χ2n) is 6.84. The van der Waals surface area contributed by atoms with Gasteiger partial charge >= 0.3 is 0 Å². The fourth-order valence-electron chi connectivity index (χ4n) is 3.25. The topological polar surface area (TPSA) is 39.7 Å². The molecule has 0 amide bonds. The Labute approximate surface area is 142 Å². The molecule has 0 bridgehead atoms. The molecule has 1 aromatic rings. The Morgan fingerprint density at radius 1 is 1.29 bits per heavy atom. The molecule has 2 fully saturated rings. The van der Waals surface area contributed by atoms with E-state index in [0.717, 1.165) is 37.8 Å². The monoisotopic (exact) mass is 336 g/mol. The van der Waals surface area contributed by atoms with Crippen LogP contribution >= 0.6 is 0 Å². The number of halogens is 2. The minimum Gasteiger partial charge on any atom is -0.357 e. The van der Waals surface area contributed by atoms with Crippen molar-refractivity contribution < 1.29 is 8.78 Å². The summed E-state index contributed by atoms with van der Waals surface area (Å²) in [7, 11) is 0. The van der Waals surface area contributed by atoms with E-state index in [-0.39, 0.29) is 12.1 Å². The molecule has 1 aromatic carbocycles. The summed E-state index contributed by atoms with van der Waals surface area (Å²) in [6.07, 6.45) is 2.62. The predicted octanol–water partition coefficient (Wildman–Crippen LogP) is 2.50. The quantitative estimate of drug-likeness (QED) is 0.641. The van der Waals surface area contributed by atoms with Crippen molar-refractivity contribution in [1.29, 1.82) is 0 Å². The molecule has 2 aliphatic rings. The Hall–Kier alpha value is -1.69. The van der Waals surface area contributed by atoms with Crippen LogP contribution in [0.4, 0.5) is 8.78 Å². The minimum absolute atomic E-state index is 0.117. The molecule has 4 nitrogen and oxygen atoms in total. The van der Waals surface area contributed by atoms with Crippen LogP contribution < -0.4 is 10.6 Å². The van der Waals surface area contributed by atoms with Crippen LogP contribution in [0, 0.1) is 17.6 Å². The van der Waals surface area contributed by atoms with Gasteiger partial charge in [-0.3, -0.25) is 4.90 Å². The Morgan fingerprint density at radius 2 is 2.08 bits per heavy atom. The van der Waals surface area contributed by atoms with Crippen LogP contribution in [0.25, 0.3) is 0 Å². The first-order valence-corrected chi connectivity index (χ1v) is 8.79. The molecular weight excluding hydrogens is 310 g/mol. The van der Waals surface area contributed by atoms with Gasteiger partial charge in [-0.25, -0.2) is 13.8 Å². The van der Waals surface area contributed by atoms with Gasteiger partial charge in [-0.2, -0.15) is 0 Å². The van der Waals surface area contributed by atoms with E-state index in [9.17, 15) is 8.78 Å². The SMILES string of the molecule is CCNC(=NCc1cc(F)ccc1F)NC1CN(C2CC2)CC1C.